The molecule has 3 N–H and O–H groups in total. The van der Waals surface area contributed by atoms with Gasteiger partial charge in [0, 0.05) is 4.88 Å². The first kappa shape index (κ1) is 10.5. The zero-order valence-corrected chi connectivity index (χ0v) is 11.0. The van der Waals surface area contributed by atoms with E-state index >= 15 is 0 Å². The van der Waals surface area contributed by atoms with Gasteiger partial charge in [-0.3, -0.25) is 11.3 Å². The molecule has 2 nitrogen and oxygen atoms in total. The first-order chi connectivity index (χ1) is 8.31. The second-order valence-electron chi connectivity index (χ2n) is 6.14. The number of fused-ring (bicyclic) bond motifs is 5. The van der Waals surface area contributed by atoms with Crippen molar-refractivity contribution in [2.24, 2.45) is 35.4 Å². The quantitative estimate of drug-likeness (QED) is 0.637. The van der Waals surface area contributed by atoms with Gasteiger partial charge in [-0.15, -0.1) is 11.3 Å². The summed E-state index contributed by atoms with van der Waals surface area (Å²) in [7, 11) is 0. The SMILES string of the molecule is Cc1sccc1C(NN)C1C2C3CCC(C3)C21. The van der Waals surface area contributed by atoms with Gasteiger partial charge in [-0.05, 0) is 72.8 Å². The number of aryl methyl sites for hydroxylation is 1. The third-order valence-corrected chi connectivity index (χ3v) is 6.45. The largest absolute Gasteiger partial charge is 0.271 e. The highest BCUT2D eigenvalue weighted by atomic mass is 32.1. The molecule has 0 spiro atoms. The summed E-state index contributed by atoms with van der Waals surface area (Å²) >= 11 is 1.84. The molecule has 1 aromatic heterocycles. The maximum absolute atomic E-state index is 5.84. The number of rotatable bonds is 3. The first-order valence-electron chi connectivity index (χ1n) is 6.81. The van der Waals surface area contributed by atoms with Gasteiger partial charge in [0.2, 0.25) is 0 Å². The Bertz CT molecular complexity index is 425. The van der Waals surface area contributed by atoms with Crippen molar-refractivity contribution in [2.45, 2.75) is 32.2 Å². The summed E-state index contributed by atoms with van der Waals surface area (Å²) in [5.74, 6) is 10.7. The Morgan fingerprint density at radius 1 is 1.35 bits per heavy atom. The maximum Gasteiger partial charge on any atom is 0.0504 e. The molecule has 3 fully saturated rings. The molecule has 1 heterocycles. The van der Waals surface area contributed by atoms with Crippen LogP contribution in [0.25, 0.3) is 0 Å². The Labute approximate surface area is 107 Å². The topological polar surface area (TPSA) is 38.0 Å². The summed E-state index contributed by atoms with van der Waals surface area (Å²) in [5.41, 5.74) is 4.57. The van der Waals surface area contributed by atoms with E-state index in [2.05, 4.69) is 23.8 Å². The molecule has 3 aliphatic carbocycles. The maximum atomic E-state index is 5.84. The van der Waals surface area contributed by atoms with Gasteiger partial charge in [0.1, 0.15) is 0 Å². The fraction of sp³-hybridized carbons (Fsp3) is 0.714. The molecule has 3 heteroatoms. The molecule has 0 aliphatic heterocycles. The lowest BCUT2D eigenvalue weighted by molar-refractivity contribution is 0.374. The summed E-state index contributed by atoms with van der Waals surface area (Å²) in [6, 6.07) is 2.68. The van der Waals surface area contributed by atoms with Crippen LogP contribution < -0.4 is 11.3 Å². The summed E-state index contributed by atoms with van der Waals surface area (Å²) in [6.07, 6.45) is 4.50. The Balaban J connectivity index is 1.61. The van der Waals surface area contributed by atoms with Gasteiger partial charge in [0.25, 0.3) is 0 Å². The number of hydrogen-bond acceptors (Lipinski definition) is 3. The van der Waals surface area contributed by atoms with Crippen LogP contribution >= 0.6 is 11.3 Å². The molecule has 0 aromatic carbocycles. The highest BCUT2D eigenvalue weighted by molar-refractivity contribution is 7.10. The van der Waals surface area contributed by atoms with Crippen molar-refractivity contribution < 1.29 is 0 Å². The Kier molecular flexibility index (Phi) is 2.21. The zero-order valence-electron chi connectivity index (χ0n) is 10.2. The minimum absolute atomic E-state index is 0.416. The molecule has 5 unspecified atom stereocenters. The third-order valence-electron chi connectivity index (χ3n) is 5.59. The Morgan fingerprint density at radius 3 is 2.59 bits per heavy atom. The van der Waals surface area contributed by atoms with E-state index in [9.17, 15) is 0 Å². The predicted octanol–water partition coefficient (Wildman–Crippen LogP) is 2.85. The van der Waals surface area contributed by atoms with E-state index in [4.69, 9.17) is 5.84 Å². The van der Waals surface area contributed by atoms with Gasteiger partial charge in [-0.2, -0.15) is 0 Å². The number of nitrogens with one attached hydrogen (secondary N) is 1. The lowest BCUT2D eigenvalue weighted by atomic mass is 9.94. The van der Waals surface area contributed by atoms with Crippen LogP contribution in [0.15, 0.2) is 11.4 Å². The summed E-state index contributed by atoms with van der Waals surface area (Å²) in [4.78, 5) is 1.44. The highest BCUT2D eigenvalue weighted by Gasteiger charge is 2.66. The van der Waals surface area contributed by atoms with Crippen LogP contribution in [0.5, 0.6) is 0 Å². The van der Waals surface area contributed by atoms with Gasteiger partial charge >= 0.3 is 0 Å². The van der Waals surface area contributed by atoms with Crippen LogP contribution in [0.2, 0.25) is 0 Å². The molecule has 2 bridgehead atoms. The van der Waals surface area contributed by atoms with Crippen LogP contribution in [0.4, 0.5) is 0 Å². The second-order valence-corrected chi connectivity index (χ2v) is 7.26. The monoisotopic (exact) mass is 248 g/mol. The Hall–Kier alpha value is -0.380. The lowest BCUT2D eigenvalue weighted by Gasteiger charge is -2.19. The normalized spacial score (nSPS) is 43.8. The van der Waals surface area contributed by atoms with E-state index in [0.29, 0.717) is 6.04 Å². The molecular weight excluding hydrogens is 228 g/mol. The lowest BCUT2D eigenvalue weighted by Crippen LogP contribution is -2.31. The first-order valence-corrected chi connectivity index (χ1v) is 7.69. The minimum atomic E-state index is 0.416. The van der Waals surface area contributed by atoms with Gasteiger partial charge < -0.3 is 0 Å². The predicted molar refractivity (Wildman–Crippen MR) is 70.4 cm³/mol. The average molecular weight is 248 g/mol. The smallest absolute Gasteiger partial charge is 0.0504 e. The van der Waals surface area contributed by atoms with Crippen LogP contribution in [0, 0.1) is 36.5 Å². The van der Waals surface area contributed by atoms with Gasteiger partial charge in [0.05, 0.1) is 6.04 Å². The highest BCUT2D eigenvalue weighted by Crippen LogP contribution is 2.72. The minimum Gasteiger partial charge on any atom is -0.271 e. The fourth-order valence-corrected chi connectivity index (χ4v) is 5.71. The number of nitrogens with two attached hydrogens (primary N) is 1. The molecular formula is C14H20N2S. The van der Waals surface area contributed by atoms with Crippen molar-refractivity contribution >= 4 is 11.3 Å². The van der Waals surface area contributed by atoms with E-state index in [1.54, 1.807) is 0 Å². The molecule has 3 saturated carbocycles. The average Bonchev–Trinajstić information content (AvgIpc) is 2.72. The summed E-state index contributed by atoms with van der Waals surface area (Å²) < 4.78 is 0. The van der Waals surface area contributed by atoms with Crippen LogP contribution in [-0.2, 0) is 0 Å². The van der Waals surface area contributed by atoms with E-state index in [-0.39, 0.29) is 0 Å². The van der Waals surface area contributed by atoms with Crippen LogP contribution in [0.3, 0.4) is 0 Å². The van der Waals surface area contributed by atoms with E-state index in [1.165, 1.54) is 29.7 Å². The number of thiophene rings is 1. The van der Waals surface area contributed by atoms with Gasteiger partial charge in [0.15, 0.2) is 0 Å². The molecule has 0 saturated heterocycles. The third kappa shape index (κ3) is 1.33. The van der Waals surface area contributed by atoms with Crippen molar-refractivity contribution in [3.63, 3.8) is 0 Å². The molecule has 4 rings (SSSR count). The van der Waals surface area contributed by atoms with Gasteiger partial charge in [-0.1, -0.05) is 0 Å². The van der Waals surface area contributed by atoms with Crippen molar-refractivity contribution in [3.05, 3.63) is 21.9 Å². The standard InChI is InChI=1S/C14H20N2S/c1-7-10(4-5-17-7)14(16-15)13-11-8-2-3-9(6-8)12(11)13/h4-5,8-9,11-14,16H,2-3,6,15H2,1H3. The molecule has 5 atom stereocenters. The van der Waals surface area contributed by atoms with Crippen molar-refractivity contribution in [2.75, 3.05) is 0 Å². The van der Waals surface area contributed by atoms with Crippen molar-refractivity contribution in [3.8, 4) is 0 Å². The molecule has 3 aliphatic rings. The van der Waals surface area contributed by atoms with Crippen LogP contribution in [-0.4, -0.2) is 0 Å². The van der Waals surface area contributed by atoms with E-state index < -0.39 is 0 Å². The second kappa shape index (κ2) is 3.56. The fourth-order valence-electron chi connectivity index (χ4n) is 4.96. The number of hydrogen-bond donors (Lipinski definition) is 2. The molecule has 0 amide bonds. The number of hydrazine groups is 1. The zero-order chi connectivity index (χ0) is 11.6. The van der Waals surface area contributed by atoms with E-state index in [0.717, 1.165) is 29.6 Å². The summed E-state index contributed by atoms with van der Waals surface area (Å²) in [6.45, 7) is 2.22. The van der Waals surface area contributed by atoms with E-state index in [1.807, 2.05) is 11.3 Å². The van der Waals surface area contributed by atoms with Crippen molar-refractivity contribution in [1.29, 1.82) is 0 Å². The van der Waals surface area contributed by atoms with Crippen LogP contribution in [0.1, 0.15) is 35.7 Å². The molecule has 1 aromatic rings. The Morgan fingerprint density at radius 2 is 2.06 bits per heavy atom. The van der Waals surface area contributed by atoms with Gasteiger partial charge in [-0.25, -0.2) is 0 Å². The molecule has 92 valence electrons. The molecule has 17 heavy (non-hydrogen) atoms. The summed E-state index contributed by atoms with van der Waals surface area (Å²) in [5, 5.41) is 2.20. The van der Waals surface area contributed by atoms with Crippen molar-refractivity contribution in [1.82, 2.24) is 5.43 Å². The molecule has 0 radical (unpaired) electrons.